The summed E-state index contributed by atoms with van der Waals surface area (Å²) in [6.45, 7) is 0.798. The van der Waals surface area contributed by atoms with Gasteiger partial charge in [-0.05, 0) is 61.9 Å². The van der Waals surface area contributed by atoms with Crippen molar-refractivity contribution in [3.8, 4) is 5.75 Å². The van der Waals surface area contributed by atoms with E-state index in [1.54, 1.807) is 24.5 Å². The number of carbonyl (C=O) groups excluding carboxylic acids is 1. The van der Waals surface area contributed by atoms with Crippen LogP contribution in [-0.2, 0) is 6.42 Å². The fourth-order valence-corrected chi connectivity index (χ4v) is 3.20. The molecular weight excluding hydrogens is 302 g/mol. The predicted molar refractivity (Wildman–Crippen MR) is 94.0 cm³/mol. The van der Waals surface area contributed by atoms with E-state index >= 15 is 0 Å². The first-order chi connectivity index (χ1) is 11.7. The van der Waals surface area contributed by atoms with Crippen LogP contribution in [0.5, 0.6) is 5.75 Å². The summed E-state index contributed by atoms with van der Waals surface area (Å²) in [5.74, 6) is 0.286. The van der Waals surface area contributed by atoms with Crippen LogP contribution >= 0.6 is 0 Å². The van der Waals surface area contributed by atoms with Gasteiger partial charge in [-0.15, -0.1) is 0 Å². The van der Waals surface area contributed by atoms with Crippen molar-refractivity contribution in [2.45, 2.75) is 38.1 Å². The monoisotopic (exact) mass is 325 g/mol. The predicted octanol–water partition coefficient (Wildman–Crippen LogP) is 3.81. The lowest BCUT2D eigenvalue weighted by Crippen LogP contribution is -2.46. The Labute approximate surface area is 142 Å². The van der Waals surface area contributed by atoms with Gasteiger partial charge in [0.1, 0.15) is 5.75 Å². The number of nitrogens with one attached hydrogen (secondary N) is 1. The zero-order chi connectivity index (χ0) is 16.8. The topological polar surface area (TPSA) is 65.5 Å². The van der Waals surface area contributed by atoms with Crippen LogP contribution in [0.4, 0.5) is 10.5 Å². The third kappa shape index (κ3) is 4.25. The number of aromatic nitrogens is 1. The molecule has 0 spiro atoms. The van der Waals surface area contributed by atoms with Gasteiger partial charge in [0, 0.05) is 18.8 Å². The van der Waals surface area contributed by atoms with Gasteiger partial charge in [0.25, 0.3) is 0 Å². The van der Waals surface area contributed by atoms with Crippen LogP contribution in [0, 0.1) is 0 Å². The molecule has 2 N–H and O–H groups in total. The molecule has 1 atom stereocenters. The van der Waals surface area contributed by atoms with Gasteiger partial charge in [-0.1, -0.05) is 12.1 Å². The van der Waals surface area contributed by atoms with Crippen LogP contribution in [0.2, 0.25) is 0 Å². The van der Waals surface area contributed by atoms with Crippen molar-refractivity contribution in [2.75, 3.05) is 11.9 Å². The first-order valence-electron chi connectivity index (χ1n) is 8.48. The standard InChI is InChI=1S/C19H23N3O2/c23-18-10-7-15(8-11-18)6-9-17-5-1-2-13-22(17)19(24)21-16-4-3-12-20-14-16/h3-4,7-8,10-12,14,17,23H,1-2,5-6,9,13H2,(H,21,24)/t17-/m0/s1. The molecule has 0 bridgehead atoms. The van der Waals surface area contributed by atoms with E-state index in [0.717, 1.165) is 44.3 Å². The Balaban J connectivity index is 1.60. The first-order valence-corrected chi connectivity index (χ1v) is 8.48. The largest absolute Gasteiger partial charge is 0.508 e. The van der Waals surface area contributed by atoms with E-state index in [9.17, 15) is 9.90 Å². The maximum absolute atomic E-state index is 12.6. The number of rotatable bonds is 4. The fourth-order valence-electron chi connectivity index (χ4n) is 3.20. The number of aromatic hydroxyl groups is 1. The molecular formula is C19H23N3O2. The highest BCUT2D eigenvalue weighted by Gasteiger charge is 2.26. The molecule has 0 aliphatic carbocycles. The Morgan fingerprint density at radius 2 is 2.08 bits per heavy atom. The van der Waals surface area contributed by atoms with Gasteiger partial charge < -0.3 is 15.3 Å². The Hall–Kier alpha value is -2.56. The number of hydrogen-bond donors (Lipinski definition) is 2. The van der Waals surface area contributed by atoms with Crippen molar-refractivity contribution < 1.29 is 9.90 Å². The first kappa shape index (κ1) is 16.3. The highest BCUT2D eigenvalue weighted by Crippen LogP contribution is 2.23. The summed E-state index contributed by atoms with van der Waals surface area (Å²) in [4.78, 5) is 18.6. The molecule has 24 heavy (non-hydrogen) atoms. The molecule has 1 saturated heterocycles. The zero-order valence-corrected chi connectivity index (χ0v) is 13.7. The quantitative estimate of drug-likeness (QED) is 0.898. The number of hydrogen-bond acceptors (Lipinski definition) is 3. The third-order valence-corrected chi connectivity index (χ3v) is 4.50. The lowest BCUT2D eigenvalue weighted by Gasteiger charge is -2.35. The average molecular weight is 325 g/mol. The summed E-state index contributed by atoms with van der Waals surface area (Å²) >= 11 is 0. The van der Waals surface area contributed by atoms with Crippen molar-refractivity contribution in [2.24, 2.45) is 0 Å². The van der Waals surface area contributed by atoms with Crippen molar-refractivity contribution in [3.63, 3.8) is 0 Å². The normalized spacial score (nSPS) is 17.5. The number of phenols is 1. The Morgan fingerprint density at radius 3 is 2.83 bits per heavy atom. The third-order valence-electron chi connectivity index (χ3n) is 4.50. The zero-order valence-electron chi connectivity index (χ0n) is 13.7. The van der Waals surface area contributed by atoms with E-state index in [0.29, 0.717) is 0 Å². The Bertz CT molecular complexity index is 658. The van der Waals surface area contributed by atoms with Gasteiger partial charge in [-0.25, -0.2) is 4.79 Å². The van der Waals surface area contributed by atoms with E-state index in [4.69, 9.17) is 0 Å². The number of urea groups is 1. The Morgan fingerprint density at radius 1 is 1.25 bits per heavy atom. The van der Waals surface area contributed by atoms with Gasteiger partial charge in [0.2, 0.25) is 0 Å². The van der Waals surface area contributed by atoms with Crippen molar-refractivity contribution in [3.05, 3.63) is 54.4 Å². The van der Waals surface area contributed by atoms with E-state index < -0.39 is 0 Å². The molecule has 1 aromatic heterocycles. The molecule has 1 aliphatic rings. The minimum Gasteiger partial charge on any atom is -0.508 e. The minimum absolute atomic E-state index is 0.0431. The summed E-state index contributed by atoms with van der Waals surface area (Å²) in [6.07, 6.45) is 8.45. The number of phenolic OH excluding ortho intramolecular Hbond substituents is 1. The smallest absolute Gasteiger partial charge is 0.322 e. The number of anilines is 1. The molecule has 2 amide bonds. The molecule has 0 unspecified atom stereocenters. The molecule has 1 aliphatic heterocycles. The minimum atomic E-state index is -0.0431. The van der Waals surface area contributed by atoms with Crippen LogP contribution in [0.3, 0.4) is 0 Å². The molecule has 1 aromatic carbocycles. The summed E-state index contributed by atoms with van der Waals surface area (Å²) < 4.78 is 0. The van der Waals surface area contributed by atoms with Crippen LogP contribution in [0.15, 0.2) is 48.8 Å². The van der Waals surface area contributed by atoms with Crippen molar-refractivity contribution >= 4 is 11.7 Å². The van der Waals surface area contributed by atoms with Crippen LogP contribution < -0.4 is 5.32 Å². The maximum Gasteiger partial charge on any atom is 0.322 e. The number of carbonyl (C=O) groups is 1. The number of benzene rings is 1. The van der Waals surface area contributed by atoms with Crippen LogP contribution in [0.25, 0.3) is 0 Å². The van der Waals surface area contributed by atoms with Crippen LogP contribution in [0.1, 0.15) is 31.2 Å². The van der Waals surface area contributed by atoms with Gasteiger partial charge in [-0.3, -0.25) is 4.98 Å². The van der Waals surface area contributed by atoms with Gasteiger partial charge >= 0.3 is 6.03 Å². The summed E-state index contributed by atoms with van der Waals surface area (Å²) in [5, 5.41) is 12.3. The van der Waals surface area contributed by atoms with Gasteiger partial charge in [-0.2, -0.15) is 0 Å². The molecule has 3 rings (SSSR count). The number of aryl methyl sites for hydroxylation is 1. The molecule has 0 radical (unpaired) electrons. The molecule has 5 nitrogen and oxygen atoms in total. The maximum atomic E-state index is 12.6. The number of nitrogens with zero attached hydrogens (tertiary/aromatic N) is 2. The summed E-state index contributed by atoms with van der Waals surface area (Å²) in [5.41, 5.74) is 1.91. The van der Waals surface area contributed by atoms with Crippen molar-refractivity contribution in [1.82, 2.24) is 9.88 Å². The second kappa shape index (κ2) is 7.81. The fraction of sp³-hybridized carbons (Fsp3) is 0.368. The van der Waals surface area contributed by atoms with Crippen molar-refractivity contribution in [1.29, 1.82) is 0 Å². The molecule has 126 valence electrons. The van der Waals surface area contributed by atoms with Gasteiger partial charge in [0.05, 0.1) is 11.9 Å². The van der Waals surface area contributed by atoms with Crippen LogP contribution in [-0.4, -0.2) is 33.6 Å². The molecule has 1 fully saturated rings. The second-order valence-electron chi connectivity index (χ2n) is 6.22. The number of piperidine rings is 1. The van der Waals surface area contributed by atoms with Gasteiger partial charge in [0.15, 0.2) is 0 Å². The van der Waals surface area contributed by atoms with E-state index in [1.807, 2.05) is 29.2 Å². The highest BCUT2D eigenvalue weighted by molar-refractivity contribution is 5.89. The van der Waals surface area contributed by atoms with E-state index in [2.05, 4.69) is 10.3 Å². The molecule has 2 heterocycles. The summed E-state index contributed by atoms with van der Waals surface area (Å²) in [7, 11) is 0. The van der Waals surface area contributed by atoms with E-state index in [-0.39, 0.29) is 17.8 Å². The van der Waals surface area contributed by atoms with E-state index in [1.165, 1.54) is 5.56 Å². The molecule has 0 saturated carbocycles. The highest BCUT2D eigenvalue weighted by atomic mass is 16.3. The number of pyridine rings is 1. The number of amides is 2. The lowest BCUT2D eigenvalue weighted by molar-refractivity contribution is 0.158. The second-order valence-corrected chi connectivity index (χ2v) is 6.22. The number of likely N-dealkylation sites (tertiary alicyclic amines) is 1. The Kier molecular flexibility index (Phi) is 5.31. The average Bonchev–Trinajstić information content (AvgIpc) is 2.62. The molecule has 2 aromatic rings. The summed E-state index contributed by atoms with van der Waals surface area (Å²) in [6, 6.07) is 11.2. The lowest BCUT2D eigenvalue weighted by atomic mass is 9.96. The SMILES string of the molecule is O=C(Nc1cccnc1)N1CCCC[C@H]1CCc1ccc(O)cc1. The molecule has 5 heteroatoms.